The molecule has 5 rings (SSSR count). The third-order valence-electron chi connectivity index (χ3n) is 5.17. The van der Waals surface area contributed by atoms with Crippen LogP contribution in [-0.2, 0) is 6.42 Å². The molecule has 0 saturated heterocycles. The number of anilines is 1. The van der Waals surface area contributed by atoms with Gasteiger partial charge in [-0.05, 0) is 54.4 Å². The second-order valence-corrected chi connectivity index (χ2v) is 7.28. The largest absolute Gasteiger partial charge is 0.370 e. The van der Waals surface area contributed by atoms with Gasteiger partial charge in [0.05, 0.1) is 17.3 Å². The Kier molecular flexibility index (Phi) is 5.25. The molecular weight excluding hydrogens is 398 g/mol. The smallest absolute Gasteiger partial charge is 0.180 e. The van der Waals surface area contributed by atoms with Crippen molar-refractivity contribution < 1.29 is 0 Å². The molecule has 2 N–H and O–H groups in total. The van der Waals surface area contributed by atoms with E-state index in [2.05, 4.69) is 31.3 Å². The number of nitriles is 1. The molecule has 0 unspecified atom stereocenters. The molecule has 1 aromatic carbocycles. The van der Waals surface area contributed by atoms with Crippen LogP contribution in [0.4, 0.5) is 5.82 Å². The van der Waals surface area contributed by atoms with Crippen molar-refractivity contribution in [3.63, 3.8) is 0 Å². The standard InChI is InChI=1S/C25H19N7/c26-14-17-6-7-21-20(12-17)18(16-30-21)8-11-29-24-13-23(19-4-3-9-27-15-19)31-25(32-24)22-5-1-2-10-28-22/h1-7,9-10,12-13,15-16,30H,8,11H2,(H,29,31,32). The number of benzene rings is 1. The Morgan fingerprint density at radius 2 is 1.94 bits per heavy atom. The van der Waals surface area contributed by atoms with Crippen LogP contribution in [0.1, 0.15) is 11.1 Å². The van der Waals surface area contributed by atoms with E-state index in [1.165, 1.54) is 0 Å². The first-order chi connectivity index (χ1) is 15.8. The number of rotatable bonds is 6. The van der Waals surface area contributed by atoms with Crippen molar-refractivity contribution in [3.05, 3.63) is 90.5 Å². The van der Waals surface area contributed by atoms with Crippen LogP contribution in [0.2, 0.25) is 0 Å². The number of H-pyrrole nitrogens is 1. The summed E-state index contributed by atoms with van der Waals surface area (Å²) in [6, 6.07) is 19.3. The van der Waals surface area contributed by atoms with E-state index in [1.807, 2.05) is 60.8 Å². The van der Waals surface area contributed by atoms with Crippen LogP contribution < -0.4 is 5.32 Å². The molecule has 4 aromatic heterocycles. The first-order valence-corrected chi connectivity index (χ1v) is 10.2. The zero-order chi connectivity index (χ0) is 21.8. The van der Waals surface area contributed by atoms with Gasteiger partial charge in [-0.25, -0.2) is 9.97 Å². The van der Waals surface area contributed by atoms with Gasteiger partial charge in [0.15, 0.2) is 5.82 Å². The fraction of sp³-hybridized carbons (Fsp3) is 0.0800. The zero-order valence-corrected chi connectivity index (χ0v) is 17.2. The van der Waals surface area contributed by atoms with E-state index in [-0.39, 0.29) is 0 Å². The van der Waals surface area contributed by atoms with E-state index in [0.29, 0.717) is 23.6 Å². The van der Waals surface area contributed by atoms with Crippen LogP contribution >= 0.6 is 0 Å². The van der Waals surface area contributed by atoms with Gasteiger partial charge in [-0.2, -0.15) is 5.26 Å². The summed E-state index contributed by atoms with van der Waals surface area (Å²) in [6.07, 6.45) is 8.03. The number of aromatic amines is 1. The fourth-order valence-corrected chi connectivity index (χ4v) is 3.59. The number of nitrogens with zero attached hydrogens (tertiary/aromatic N) is 5. The Morgan fingerprint density at radius 3 is 2.75 bits per heavy atom. The molecule has 0 fully saturated rings. The molecule has 0 aliphatic rings. The molecule has 0 saturated carbocycles. The molecule has 0 bridgehead atoms. The summed E-state index contributed by atoms with van der Waals surface area (Å²) in [4.78, 5) is 21.3. The lowest BCUT2D eigenvalue weighted by molar-refractivity contribution is 1.01. The summed E-state index contributed by atoms with van der Waals surface area (Å²) >= 11 is 0. The summed E-state index contributed by atoms with van der Waals surface area (Å²) in [7, 11) is 0. The van der Waals surface area contributed by atoms with E-state index in [0.717, 1.165) is 40.0 Å². The molecule has 32 heavy (non-hydrogen) atoms. The number of fused-ring (bicyclic) bond motifs is 1. The maximum atomic E-state index is 9.19. The van der Waals surface area contributed by atoms with Crippen molar-refractivity contribution in [3.8, 4) is 28.8 Å². The number of aromatic nitrogens is 5. The molecule has 154 valence electrons. The Labute approximate surface area is 184 Å². The highest BCUT2D eigenvalue weighted by atomic mass is 15.0. The quantitative estimate of drug-likeness (QED) is 0.418. The number of hydrogen-bond acceptors (Lipinski definition) is 6. The second-order valence-electron chi connectivity index (χ2n) is 7.28. The predicted octanol–water partition coefficient (Wildman–Crippen LogP) is 4.61. The van der Waals surface area contributed by atoms with Crippen LogP contribution in [-0.4, -0.2) is 31.5 Å². The van der Waals surface area contributed by atoms with Gasteiger partial charge in [0.25, 0.3) is 0 Å². The highest BCUT2D eigenvalue weighted by Gasteiger charge is 2.10. The number of pyridine rings is 2. The van der Waals surface area contributed by atoms with Crippen molar-refractivity contribution in [2.45, 2.75) is 6.42 Å². The zero-order valence-electron chi connectivity index (χ0n) is 17.2. The molecular formula is C25H19N7. The molecule has 7 nitrogen and oxygen atoms in total. The second kappa shape index (κ2) is 8.66. The third-order valence-corrected chi connectivity index (χ3v) is 5.17. The minimum atomic E-state index is 0.556. The van der Waals surface area contributed by atoms with Gasteiger partial charge in [-0.3, -0.25) is 9.97 Å². The molecule has 0 atom stereocenters. The Morgan fingerprint density at radius 1 is 0.969 bits per heavy atom. The first-order valence-electron chi connectivity index (χ1n) is 10.2. The van der Waals surface area contributed by atoms with E-state index in [9.17, 15) is 5.26 Å². The summed E-state index contributed by atoms with van der Waals surface area (Å²) in [6.45, 7) is 0.675. The minimum absolute atomic E-state index is 0.556. The molecule has 0 spiro atoms. The highest BCUT2D eigenvalue weighted by Crippen LogP contribution is 2.24. The number of hydrogen-bond donors (Lipinski definition) is 2. The van der Waals surface area contributed by atoms with Crippen molar-refractivity contribution in [1.29, 1.82) is 5.26 Å². The lowest BCUT2D eigenvalue weighted by Crippen LogP contribution is -2.08. The minimum Gasteiger partial charge on any atom is -0.370 e. The van der Waals surface area contributed by atoms with Gasteiger partial charge in [-0.1, -0.05) is 6.07 Å². The van der Waals surface area contributed by atoms with Gasteiger partial charge in [0.1, 0.15) is 11.5 Å². The van der Waals surface area contributed by atoms with Crippen LogP contribution in [0.3, 0.4) is 0 Å². The highest BCUT2D eigenvalue weighted by molar-refractivity contribution is 5.84. The Hall–Kier alpha value is -4.57. The van der Waals surface area contributed by atoms with E-state index in [1.54, 1.807) is 18.6 Å². The summed E-state index contributed by atoms with van der Waals surface area (Å²) < 4.78 is 0. The summed E-state index contributed by atoms with van der Waals surface area (Å²) in [5.74, 6) is 1.28. The maximum Gasteiger partial charge on any atom is 0.180 e. The fourth-order valence-electron chi connectivity index (χ4n) is 3.59. The molecule has 0 radical (unpaired) electrons. The van der Waals surface area contributed by atoms with E-state index in [4.69, 9.17) is 4.98 Å². The summed E-state index contributed by atoms with van der Waals surface area (Å²) in [5, 5.41) is 13.7. The Bertz CT molecular complexity index is 1350. The van der Waals surface area contributed by atoms with Gasteiger partial charge in [0.2, 0.25) is 0 Å². The average molecular weight is 417 g/mol. The lowest BCUT2D eigenvalue weighted by Gasteiger charge is -2.10. The first kappa shape index (κ1) is 19.4. The van der Waals surface area contributed by atoms with Crippen molar-refractivity contribution >= 4 is 16.7 Å². The average Bonchev–Trinajstić information content (AvgIpc) is 3.27. The van der Waals surface area contributed by atoms with Gasteiger partial charge in [0, 0.05) is 53.9 Å². The molecule has 7 heteroatoms. The number of nitrogens with one attached hydrogen (secondary N) is 2. The molecule has 0 amide bonds. The topological polar surface area (TPSA) is 103 Å². The maximum absolute atomic E-state index is 9.19. The summed E-state index contributed by atoms with van der Waals surface area (Å²) in [5.41, 5.74) is 5.23. The molecule has 0 aliphatic heterocycles. The SMILES string of the molecule is N#Cc1ccc2[nH]cc(CCNc3cc(-c4cccnc4)nc(-c4ccccn4)n3)c2c1. The van der Waals surface area contributed by atoms with Crippen molar-refractivity contribution in [2.24, 2.45) is 0 Å². The molecule has 0 aliphatic carbocycles. The Balaban J connectivity index is 1.41. The van der Waals surface area contributed by atoms with E-state index >= 15 is 0 Å². The van der Waals surface area contributed by atoms with Gasteiger partial charge in [-0.15, -0.1) is 0 Å². The molecule has 5 aromatic rings. The van der Waals surface area contributed by atoms with Crippen LogP contribution in [0.15, 0.2) is 79.4 Å². The monoisotopic (exact) mass is 417 g/mol. The normalized spacial score (nSPS) is 10.7. The van der Waals surface area contributed by atoms with Crippen LogP contribution in [0, 0.1) is 11.3 Å². The van der Waals surface area contributed by atoms with Crippen molar-refractivity contribution in [1.82, 2.24) is 24.9 Å². The van der Waals surface area contributed by atoms with Gasteiger partial charge >= 0.3 is 0 Å². The van der Waals surface area contributed by atoms with Crippen LogP contribution in [0.5, 0.6) is 0 Å². The van der Waals surface area contributed by atoms with E-state index < -0.39 is 0 Å². The lowest BCUT2D eigenvalue weighted by atomic mass is 10.1. The van der Waals surface area contributed by atoms with Crippen LogP contribution in [0.25, 0.3) is 33.7 Å². The van der Waals surface area contributed by atoms with Crippen molar-refractivity contribution in [2.75, 3.05) is 11.9 Å². The predicted molar refractivity (Wildman–Crippen MR) is 124 cm³/mol. The molecule has 4 heterocycles. The van der Waals surface area contributed by atoms with Gasteiger partial charge < -0.3 is 10.3 Å². The third kappa shape index (κ3) is 4.02.